The number of benzene rings is 1. The number of amides is 1. The van der Waals surface area contributed by atoms with Gasteiger partial charge in [-0.05, 0) is 38.0 Å². The highest BCUT2D eigenvalue weighted by Gasteiger charge is 2.18. The van der Waals surface area contributed by atoms with Gasteiger partial charge >= 0.3 is 0 Å². The lowest BCUT2D eigenvalue weighted by Gasteiger charge is -2.24. The summed E-state index contributed by atoms with van der Waals surface area (Å²) in [5.41, 5.74) is 7.89. The first-order chi connectivity index (χ1) is 9.01. The summed E-state index contributed by atoms with van der Waals surface area (Å²) in [6.45, 7) is 6.39. The lowest BCUT2D eigenvalue weighted by molar-refractivity contribution is 0.0740. The molecule has 0 heterocycles. The Morgan fingerprint density at radius 3 is 2.74 bits per heavy atom. The molecule has 1 aromatic carbocycles. The normalized spacial score (nSPS) is 11.4. The van der Waals surface area contributed by atoms with Gasteiger partial charge in [-0.15, -0.1) is 0 Å². The summed E-state index contributed by atoms with van der Waals surface area (Å²) in [6.07, 6.45) is 0.928. The molecule has 102 valence electrons. The van der Waals surface area contributed by atoms with E-state index in [1.807, 2.05) is 39.1 Å². The van der Waals surface area contributed by atoms with Gasteiger partial charge in [-0.2, -0.15) is 0 Å². The predicted octanol–water partition coefficient (Wildman–Crippen LogP) is 2.18. The van der Waals surface area contributed by atoms with Crippen LogP contribution in [0.2, 0.25) is 0 Å². The van der Waals surface area contributed by atoms with Crippen molar-refractivity contribution in [3.8, 4) is 11.8 Å². The van der Waals surface area contributed by atoms with E-state index in [0.717, 1.165) is 17.5 Å². The highest BCUT2D eigenvalue weighted by molar-refractivity contribution is 5.96. The largest absolute Gasteiger partial charge is 0.339 e. The highest BCUT2D eigenvalue weighted by atomic mass is 16.2. The summed E-state index contributed by atoms with van der Waals surface area (Å²) in [7, 11) is 1.83. The molecule has 0 aliphatic heterocycles. The summed E-state index contributed by atoms with van der Waals surface area (Å²) in [5, 5.41) is 0. The molecule has 3 heteroatoms. The van der Waals surface area contributed by atoms with Crippen LogP contribution in [0.3, 0.4) is 0 Å². The number of nitrogens with two attached hydrogens (primary N) is 1. The minimum atomic E-state index is 0.00988. The average molecular weight is 258 g/mol. The van der Waals surface area contributed by atoms with Crippen molar-refractivity contribution < 1.29 is 4.79 Å². The number of rotatable bonds is 3. The van der Waals surface area contributed by atoms with Crippen molar-refractivity contribution in [3.63, 3.8) is 0 Å². The molecule has 1 amide bonds. The zero-order valence-corrected chi connectivity index (χ0v) is 12.2. The van der Waals surface area contributed by atoms with E-state index in [2.05, 4.69) is 18.8 Å². The minimum Gasteiger partial charge on any atom is -0.339 e. The Morgan fingerprint density at radius 2 is 2.16 bits per heavy atom. The number of carbonyl (C=O) groups excluding carboxylic acids is 1. The van der Waals surface area contributed by atoms with Gasteiger partial charge in [0.2, 0.25) is 0 Å². The standard InChI is InChI=1S/C16H22N2O/c1-5-13(3)18(4)16(19)15-9-8-12(2)11-14(15)7-6-10-17/h8-9,11,13H,5,10,17H2,1-4H3. The second-order valence-electron chi connectivity index (χ2n) is 4.73. The molecule has 0 saturated heterocycles. The Balaban J connectivity index is 3.15. The molecule has 0 aliphatic rings. The van der Waals surface area contributed by atoms with Crippen molar-refractivity contribution in [2.75, 3.05) is 13.6 Å². The Labute approximate surface area is 115 Å². The van der Waals surface area contributed by atoms with Gasteiger partial charge in [0.05, 0.1) is 12.1 Å². The number of nitrogens with zero attached hydrogens (tertiary/aromatic N) is 1. The Kier molecular flexibility index (Phi) is 5.59. The monoisotopic (exact) mass is 258 g/mol. The maximum absolute atomic E-state index is 12.5. The van der Waals surface area contributed by atoms with Crippen LogP contribution in [0.4, 0.5) is 0 Å². The van der Waals surface area contributed by atoms with Gasteiger partial charge in [-0.25, -0.2) is 0 Å². The number of hydrogen-bond donors (Lipinski definition) is 1. The average Bonchev–Trinajstić information content (AvgIpc) is 2.42. The van der Waals surface area contributed by atoms with Crippen LogP contribution < -0.4 is 5.73 Å². The number of hydrogen-bond acceptors (Lipinski definition) is 2. The van der Waals surface area contributed by atoms with Crippen LogP contribution in [0.5, 0.6) is 0 Å². The lowest BCUT2D eigenvalue weighted by Crippen LogP contribution is -2.35. The van der Waals surface area contributed by atoms with Crippen LogP contribution in [0.25, 0.3) is 0 Å². The Hall–Kier alpha value is -1.79. The Bertz CT molecular complexity index is 511. The molecule has 0 fully saturated rings. The van der Waals surface area contributed by atoms with Gasteiger partial charge in [0.15, 0.2) is 0 Å². The molecule has 0 bridgehead atoms. The number of carbonyl (C=O) groups is 1. The van der Waals surface area contributed by atoms with Crippen LogP contribution in [0, 0.1) is 18.8 Å². The van der Waals surface area contributed by atoms with E-state index in [1.165, 1.54) is 0 Å². The molecule has 2 N–H and O–H groups in total. The molecule has 0 spiro atoms. The number of aryl methyl sites for hydroxylation is 1. The Morgan fingerprint density at radius 1 is 1.47 bits per heavy atom. The first kappa shape index (κ1) is 15.3. The van der Waals surface area contributed by atoms with E-state index in [4.69, 9.17) is 5.73 Å². The third-order valence-electron chi connectivity index (χ3n) is 3.30. The second-order valence-corrected chi connectivity index (χ2v) is 4.73. The van der Waals surface area contributed by atoms with E-state index in [1.54, 1.807) is 4.90 Å². The molecule has 1 unspecified atom stereocenters. The summed E-state index contributed by atoms with van der Waals surface area (Å²) in [6, 6.07) is 5.92. The van der Waals surface area contributed by atoms with Crippen molar-refractivity contribution in [2.24, 2.45) is 5.73 Å². The first-order valence-electron chi connectivity index (χ1n) is 6.58. The maximum Gasteiger partial charge on any atom is 0.255 e. The van der Waals surface area contributed by atoms with Crippen molar-refractivity contribution in [3.05, 3.63) is 34.9 Å². The fraction of sp³-hybridized carbons (Fsp3) is 0.438. The van der Waals surface area contributed by atoms with Crippen molar-refractivity contribution in [1.29, 1.82) is 0 Å². The van der Waals surface area contributed by atoms with Crippen LogP contribution in [0.15, 0.2) is 18.2 Å². The SMILES string of the molecule is CCC(C)N(C)C(=O)c1ccc(C)cc1C#CCN. The van der Waals surface area contributed by atoms with Gasteiger partial charge in [-0.3, -0.25) is 4.79 Å². The van der Waals surface area contributed by atoms with Crippen molar-refractivity contribution in [1.82, 2.24) is 4.90 Å². The quantitative estimate of drug-likeness (QED) is 0.845. The van der Waals surface area contributed by atoms with Crippen LogP contribution >= 0.6 is 0 Å². The van der Waals surface area contributed by atoms with Gasteiger partial charge in [0.25, 0.3) is 5.91 Å². The molecule has 19 heavy (non-hydrogen) atoms. The second kappa shape index (κ2) is 6.96. The third kappa shape index (κ3) is 3.84. The van der Waals surface area contributed by atoms with E-state index >= 15 is 0 Å². The van der Waals surface area contributed by atoms with Gasteiger partial charge in [0, 0.05) is 18.7 Å². The molecule has 0 saturated carbocycles. The molecular formula is C16H22N2O. The molecule has 1 atom stereocenters. The predicted molar refractivity (Wildman–Crippen MR) is 79.0 cm³/mol. The van der Waals surface area contributed by atoms with E-state index in [0.29, 0.717) is 12.1 Å². The molecule has 3 nitrogen and oxygen atoms in total. The molecule has 0 radical (unpaired) electrons. The summed E-state index contributed by atoms with van der Waals surface area (Å²) in [4.78, 5) is 14.2. The summed E-state index contributed by atoms with van der Waals surface area (Å²) < 4.78 is 0. The zero-order valence-electron chi connectivity index (χ0n) is 12.2. The minimum absolute atomic E-state index is 0.00988. The van der Waals surface area contributed by atoms with Crippen LogP contribution in [0.1, 0.15) is 41.8 Å². The van der Waals surface area contributed by atoms with Crippen molar-refractivity contribution in [2.45, 2.75) is 33.2 Å². The summed E-state index contributed by atoms with van der Waals surface area (Å²) in [5.74, 6) is 5.81. The highest BCUT2D eigenvalue weighted by Crippen LogP contribution is 2.15. The fourth-order valence-electron chi connectivity index (χ4n) is 1.76. The van der Waals surface area contributed by atoms with Gasteiger partial charge in [0.1, 0.15) is 0 Å². The first-order valence-corrected chi connectivity index (χ1v) is 6.58. The molecule has 1 aromatic rings. The molecule has 0 aromatic heterocycles. The van der Waals surface area contributed by atoms with Gasteiger partial charge < -0.3 is 10.6 Å². The smallest absolute Gasteiger partial charge is 0.255 e. The fourth-order valence-corrected chi connectivity index (χ4v) is 1.76. The van der Waals surface area contributed by atoms with E-state index in [9.17, 15) is 4.79 Å². The van der Waals surface area contributed by atoms with Crippen molar-refractivity contribution >= 4 is 5.91 Å². The van der Waals surface area contributed by atoms with Crippen LogP contribution in [-0.4, -0.2) is 30.4 Å². The molecule has 1 rings (SSSR count). The van der Waals surface area contributed by atoms with E-state index < -0.39 is 0 Å². The van der Waals surface area contributed by atoms with E-state index in [-0.39, 0.29) is 11.9 Å². The topological polar surface area (TPSA) is 46.3 Å². The molecule has 0 aliphatic carbocycles. The molecular weight excluding hydrogens is 236 g/mol. The lowest BCUT2D eigenvalue weighted by atomic mass is 10.0. The summed E-state index contributed by atoms with van der Waals surface area (Å²) >= 11 is 0. The van der Waals surface area contributed by atoms with Crippen LogP contribution in [-0.2, 0) is 0 Å². The third-order valence-corrected chi connectivity index (χ3v) is 3.30. The van der Waals surface area contributed by atoms with Gasteiger partial charge in [-0.1, -0.05) is 24.8 Å². The maximum atomic E-state index is 12.5. The zero-order chi connectivity index (χ0) is 14.4.